The van der Waals surface area contributed by atoms with Crippen molar-refractivity contribution in [2.75, 3.05) is 13.1 Å². The molecular weight excluding hydrogens is 269 g/mol. The van der Waals surface area contributed by atoms with Crippen LogP contribution in [0.1, 0.15) is 36.8 Å². The molecule has 1 saturated heterocycles. The second kappa shape index (κ2) is 5.28. The molecule has 0 bridgehead atoms. The third-order valence-electron chi connectivity index (χ3n) is 3.32. The van der Waals surface area contributed by atoms with Crippen molar-refractivity contribution in [3.8, 4) is 0 Å². The van der Waals surface area contributed by atoms with Gasteiger partial charge in [0.15, 0.2) is 0 Å². The second-order valence-electron chi connectivity index (χ2n) is 4.35. The average molecular weight is 286 g/mol. The van der Waals surface area contributed by atoms with Gasteiger partial charge in [-0.25, -0.2) is 4.39 Å². The smallest absolute Gasteiger partial charge is 0.140 e. The van der Waals surface area contributed by atoms with Gasteiger partial charge in [0.25, 0.3) is 0 Å². The van der Waals surface area contributed by atoms with Gasteiger partial charge in [0.2, 0.25) is 0 Å². The molecule has 0 spiro atoms. The number of halogens is 2. The maximum absolute atomic E-state index is 13.7. The molecule has 0 aliphatic carbocycles. The molecule has 1 aromatic carbocycles. The summed E-state index contributed by atoms with van der Waals surface area (Å²) in [4.78, 5) is 0. The standard InChI is InChI=1S/C13H17BrFN/c1-2-9-7-11(8-12(14)13(9)15)10-3-5-16-6-4-10/h7-8,10,16H,2-6H2,1H3. The molecule has 88 valence electrons. The SMILES string of the molecule is CCc1cc(C2CCNCC2)cc(Br)c1F. The molecule has 1 nitrogen and oxygen atoms in total. The summed E-state index contributed by atoms with van der Waals surface area (Å²) in [5, 5.41) is 3.35. The van der Waals surface area contributed by atoms with Crippen molar-refractivity contribution in [1.29, 1.82) is 0 Å². The molecule has 1 fully saturated rings. The summed E-state index contributed by atoms with van der Waals surface area (Å²) in [6, 6.07) is 3.99. The van der Waals surface area contributed by atoms with Crippen molar-refractivity contribution < 1.29 is 4.39 Å². The number of piperidine rings is 1. The Morgan fingerprint density at radius 2 is 2.06 bits per heavy atom. The molecule has 16 heavy (non-hydrogen) atoms. The highest BCUT2D eigenvalue weighted by Gasteiger charge is 2.17. The number of nitrogens with one attached hydrogen (secondary N) is 1. The van der Waals surface area contributed by atoms with Crippen LogP contribution in [-0.4, -0.2) is 13.1 Å². The summed E-state index contributed by atoms with van der Waals surface area (Å²) in [5.41, 5.74) is 2.11. The lowest BCUT2D eigenvalue weighted by Gasteiger charge is -2.23. The van der Waals surface area contributed by atoms with Crippen molar-refractivity contribution >= 4 is 15.9 Å². The zero-order chi connectivity index (χ0) is 11.5. The van der Waals surface area contributed by atoms with Crippen LogP contribution >= 0.6 is 15.9 Å². The molecule has 1 heterocycles. The molecule has 1 aliphatic rings. The largest absolute Gasteiger partial charge is 0.317 e. The van der Waals surface area contributed by atoms with E-state index in [9.17, 15) is 4.39 Å². The van der Waals surface area contributed by atoms with E-state index >= 15 is 0 Å². The fraction of sp³-hybridized carbons (Fsp3) is 0.538. The monoisotopic (exact) mass is 285 g/mol. The first kappa shape index (κ1) is 12.1. The Balaban J connectivity index is 2.29. The highest BCUT2D eigenvalue weighted by molar-refractivity contribution is 9.10. The van der Waals surface area contributed by atoms with E-state index in [1.54, 1.807) is 0 Å². The van der Waals surface area contributed by atoms with E-state index in [1.165, 1.54) is 5.56 Å². The fourth-order valence-corrected chi connectivity index (χ4v) is 2.84. The van der Waals surface area contributed by atoms with Crippen LogP contribution in [0.2, 0.25) is 0 Å². The van der Waals surface area contributed by atoms with E-state index in [2.05, 4.69) is 21.2 Å². The van der Waals surface area contributed by atoms with E-state index in [1.807, 2.05) is 19.1 Å². The van der Waals surface area contributed by atoms with E-state index in [0.29, 0.717) is 10.4 Å². The van der Waals surface area contributed by atoms with Crippen LogP contribution < -0.4 is 5.32 Å². The molecule has 0 atom stereocenters. The van der Waals surface area contributed by atoms with Crippen molar-refractivity contribution in [3.63, 3.8) is 0 Å². The Hall–Kier alpha value is -0.410. The molecule has 1 aliphatic heterocycles. The van der Waals surface area contributed by atoms with Gasteiger partial charge in [-0.1, -0.05) is 13.0 Å². The first-order valence-electron chi connectivity index (χ1n) is 5.91. The fourth-order valence-electron chi connectivity index (χ4n) is 2.32. The summed E-state index contributed by atoms with van der Waals surface area (Å²) in [5.74, 6) is 0.489. The van der Waals surface area contributed by atoms with Gasteiger partial charge in [-0.15, -0.1) is 0 Å². The Morgan fingerprint density at radius 3 is 2.69 bits per heavy atom. The van der Waals surface area contributed by atoms with Crippen LogP contribution in [0, 0.1) is 5.82 Å². The van der Waals surface area contributed by atoms with Gasteiger partial charge in [0.05, 0.1) is 4.47 Å². The summed E-state index contributed by atoms with van der Waals surface area (Å²) >= 11 is 3.31. The zero-order valence-corrected chi connectivity index (χ0v) is 11.1. The van der Waals surface area contributed by atoms with Crippen LogP contribution in [0.25, 0.3) is 0 Å². The summed E-state index contributed by atoms with van der Waals surface area (Å²) in [7, 11) is 0. The predicted molar refractivity (Wildman–Crippen MR) is 68.3 cm³/mol. The minimum Gasteiger partial charge on any atom is -0.317 e. The highest BCUT2D eigenvalue weighted by atomic mass is 79.9. The van der Waals surface area contributed by atoms with Crippen molar-refractivity contribution in [2.24, 2.45) is 0 Å². The quantitative estimate of drug-likeness (QED) is 0.875. The van der Waals surface area contributed by atoms with Crippen LogP contribution in [0.5, 0.6) is 0 Å². The minimum atomic E-state index is -0.0971. The lowest BCUT2D eigenvalue weighted by molar-refractivity contribution is 0.459. The van der Waals surface area contributed by atoms with E-state index in [-0.39, 0.29) is 5.82 Å². The molecule has 1 N–H and O–H groups in total. The number of rotatable bonds is 2. The Labute approximate surface area is 105 Å². The lowest BCUT2D eigenvalue weighted by atomic mass is 9.89. The molecule has 0 unspecified atom stereocenters. The first-order valence-corrected chi connectivity index (χ1v) is 6.70. The van der Waals surface area contributed by atoms with Crippen molar-refractivity contribution in [3.05, 3.63) is 33.5 Å². The van der Waals surface area contributed by atoms with Crippen molar-refractivity contribution in [1.82, 2.24) is 5.32 Å². The second-order valence-corrected chi connectivity index (χ2v) is 5.21. The van der Waals surface area contributed by atoms with Crippen LogP contribution in [-0.2, 0) is 6.42 Å². The summed E-state index contributed by atoms with van der Waals surface area (Å²) in [6.45, 7) is 4.14. The summed E-state index contributed by atoms with van der Waals surface area (Å²) in [6.07, 6.45) is 3.06. The molecule has 0 amide bonds. The van der Waals surface area contributed by atoms with Crippen molar-refractivity contribution in [2.45, 2.75) is 32.1 Å². The van der Waals surface area contributed by atoms with Crippen LogP contribution in [0.3, 0.4) is 0 Å². The Morgan fingerprint density at radius 1 is 1.38 bits per heavy atom. The van der Waals surface area contributed by atoms with Gasteiger partial charge >= 0.3 is 0 Å². The molecule has 1 aromatic rings. The molecule has 0 saturated carbocycles. The van der Waals surface area contributed by atoms with Gasteiger partial charge in [-0.3, -0.25) is 0 Å². The molecule has 3 heteroatoms. The predicted octanol–water partition coefficient (Wildman–Crippen LogP) is 3.62. The number of benzene rings is 1. The van der Waals surface area contributed by atoms with Gasteiger partial charge in [-0.2, -0.15) is 0 Å². The van der Waals surface area contributed by atoms with E-state index in [0.717, 1.165) is 37.9 Å². The molecule has 0 radical (unpaired) electrons. The number of aryl methyl sites for hydroxylation is 1. The third kappa shape index (κ3) is 2.46. The minimum absolute atomic E-state index is 0.0971. The van der Waals surface area contributed by atoms with Gasteiger partial charge < -0.3 is 5.32 Å². The van der Waals surface area contributed by atoms with Crippen LogP contribution in [0.4, 0.5) is 4.39 Å². The maximum atomic E-state index is 13.7. The topological polar surface area (TPSA) is 12.0 Å². The lowest BCUT2D eigenvalue weighted by Crippen LogP contribution is -2.26. The van der Waals surface area contributed by atoms with Gasteiger partial charge in [0.1, 0.15) is 5.82 Å². The number of hydrogen-bond acceptors (Lipinski definition) is 1. The number of hydrogen-bond donors (Lipinski definition) is 1. The molecule has 0 aromatic heterocycles. The van der Waals surface area contributed by atoms with E-state index < -0.39 is 0 Å². The van der Waals surface area contributed by atoms with Crippen LogP contribution in [0.15, 0.2) is 16.6 Å². The third-order valence-corrected chi connectivity index (χ3v) is 3.89. The Bertz CT molecular complexity index is 372. The summed E-state index contributed by atoms with van der Waals surface area (Å²) < 4.78 is 14.3. The van der Waals surface area contributed by atoms with Gasteiger partial charge in [0, 0.05) is 0 Å². The normalized spacial score (nSPS) is 17.7. The Kier molecular flexibility index (Phi) is 3.98. The maximum Gasteiger partial charge on any atom is 0.140 e. The molecular formula is C13H17BrFN. The zero-order valence-electron chi connectivity index (χ0n) is 9.52. The van der Waals surface area contributed by atoms with Gasteiger partial charge in [-0.05, 0) is 71.4 Å². The molecule has 2 rings (SSSR count). The average Bonchev–Trinajstić information content (AvgIpc) is 2.33. The highest BCUT2D eigenvalue weighted by Crippen LogP contribution is 2.30. The van der Waals surface area contributed by atoms with E-state index in [4.69, 9.17) is 0 Å². The first-order chi connectivity index (χ1) is 7.72.